The number of amides is 3. The molecule has 3 amide bonds. The van der Waals surface area contributed by atoms with Crippen LogP contribution in [-0.4, -0.2) is 66.5 Å². The molecule has 2 saturated heterocycles. The fourth-order valence-electron chi connectivity index (χ4n) is 4.41. The van der Waals surface area contributed by atoms with Gasteiger partial charge in [0.25, 0.3) is 0 Å². The van der Waals surface area contributed by atoms with E-state index >= 15 is 0 Å². The second-order valence-corrected chi connectivity index (χ2v) is 7.87. The molecular weight excluding hydrogens is 347 g/mol. The first-order chi connectivity index (χ1) is 13.1. The quantitative estimate of drug-likeness (QED) is 0.846. The van der Waals surface area contributed by atoms with Crippen LogP contribution in [0.25, 0.3) is 0 Å². The summed E-state index contributed by atoms with van der Waals surface area (Å²) in [5.41, 5.74) is 1.14. The number of piperidine rings is 1. The van der Waals surface area contributed by atoms with E-state index in [1.165, 1.54) is 12.1 Å². The number of piperazine rings is 1. The molecule has 2 N–H and O–H groups in total. The van der Waals surface area contributed by atoms with Crippen LogP contribution < -0.4 is 10.6 Å². The Bertz CT molecular complexity index is 690. The minimum Gasteiger partial charge on any atom is -0.336 e. The summed E-state index contributed by atoms with van der Waals surface area (Å²) in [6.07, 6.45) is 3.68. The molecule has 4 rings (SSSR count). The average molecular weight is 374 g/mol. The first kappa shape index (κ1) is 18.2. The molecule has 0 radical (unpaired) electrons. The van der Waals surface area contributed by atoms with Gasteiger partial charge < -0.3 is 20.4 Å². The van der Waals surface area contributed by atoms with E-state index in [1.807, 2.05) is 21.9 Å². The smallest absolute Gasteiger partial charge is 0.317 e. The molecule has 1 saturated carbocycles. The van der Waals surface area contributed by atoms with Crippen molar-refractivity contribution in [3.8, 4) is 0 Å². The van der Waals surface area contributed by atoms with Crippen LogP contribution in [0.1, 0.15) is 37.2 Å². The topological polar surface area (TPSA) is 64.7 Å². The molecule has 27 heavy (non-hydrogen) atoms. The standard InChI is InChI=1S/C20H27FN4O2/c21-16-5-3-14(4-6-16)15-10-17(11-15)23-20(27)24-8-1-2-18(13-24)25-9-7-22-12-19(25)26/h3-6,15,17-18,22H,1-2,7-13H2,(H,23,27). The third kappa shape index (κ3) is 4.08. The molecule has 1 atom stereocenters. The van der Waals surface area contributed by atoms with Crippen LogP contribution in [0.5, 0.6) is 0 Å². The molecule has 2 aliphatic heterocycles. The van der Waals surface area contributed by atoms with Crippen LogP contribution >= 0.6 is 0 Å². The van der Waals surface area contributed by atoms with Crippen molar-refractivity contribution in [3.63, 3.8) is 0 Å². The van der Waals surface area contributed by atoms with E-state index in [1.54, 1.807) is 0 Å². The number of likely N-dealkylation sites (tertiary alicyclic amines) is 1. The van der Waals surface area contributed by atoms with Crippen molar-refractivity contribution in [3.05, 3.63) is 35.6 Å². The Labute approximate surface area is 159 Å². The van der Waals surface area contributed by atoms with Gasteiger partial charge in [0.2, 0.25) is 5.91 Å². The van der Waals surface area contributed by atoms with Crippen molar-refractivity contribution in [2.24, 2.45) is 0 Å². The van der Waals surface area contributed by atoms with E-state index in [2.05, 4.69) is 10.6 Å². The molecule has 3 aliphatic rings. The number of urea groups is 1. The molecule has 1 aromatic carbocycles. The van der Waals surface area contributed by atoms with Gasteiger partial charge >= 0.3 is 6.03 Å². The third-order valence-corrected chi connectivity index (χ3v) is 6.06. The van der Waals surface area contributed by atoms with Gasteiger partial charge in [-0.1, -0.05) is 12.1 Å². The molecule has 7 heteroatoms. The molecule has 6 nitrogen and oxygen atoms in total. The number of hydrogen-bond donors (Lipinski definition) is 2. The van der Waals surface area contributed by atoms with E-state index in [4.69, 9.17) is 0 Å². The zero-order chi connectivity index (χ0) is 18.8. The lowest BCUT2D eigenvalue weighted by Gasteiger charge is -2.42. The summed E-state index contributed by atoms with van der Waals surface area (Å²) in [6, 6.07) is 6.93. The summed E-state index contributed by atoms with van der Waals surface area (Å²) in [6.45, 7) is 3.31. The second kappa shape index (κ2) is 7.84. The van der Waals surface area contributed by atoms with Crippen LogP contribution in [0.3, 0.4) is 0 Å². The Balaban J connectivity index is 1.26. The molecule has 0 spiro atoms. The Morgan fingerprint density at radius 2 is 1.96 bits per heavy atom. The van der Waals surface area contributed by atoms with Crippen LogP contribution in [-0.2, 0) is 4.79 Å². The fraction of sp³-hybridized carbons (Fsp3) is 0.600. The number of nitrogens with zero attached hydrogens (tertiary/aromatic N) is 2. The molecule has 1 aromatic rings. The Morgan fingerprint density at radius 1 is 1.19 bits per heavy atom. The van der Waals surface area contributed by atoms with Crippen molar-refractivity contribution in [2.75, 3.05) is 32.7 Å². The molecule has 0 aromatic heterocycles. The Morgan fingerprint density at radius 3 is 2.70 bits per heavy atom. The van der Waals surface area contributed by atoms with Crippen LogP contribution in [0, 0.1) is 5.82 Å². The number of nitrogens with one attached hydrogen (secondary N) is 2. The van der Waals surface area contributed by atoms with Gasteiger partial charge in [0, 0.05) is 38.3 Å². The summed E-state index contributed by atoms with van der Waals surface area (Å²) >= 11 is 0. The number of carbonyl (C=O) groups excluding carboxylic acids is 2. The van der Waals surface area contributed by atoms with Gasteiger partial charge in [0.15, 0.2) is 0 Å². The van der Waals surface area contributed by atoms with Gasteiger partial charge in [-0.3, -0.25) is 4.79 Å². The highest BCUT2D eigenvalue weighted by molar-refractivity contribution is 5.79. The number of rotatable bonds is 3. The third-order valence-electron chi connectivity index (χ3n) is 6.06. The van der Waals surface area contributed by atoms with Gasteiger partial charge in [-0.25, -0.2) is 9.18 Å². The highest BCUT2D eigenvalue weighted by Gasteiger charge is 2.35. The SMILES string of the molecule is O=C(NC1CC(c2ccc(F)cc2)C1)N1CCCC(N2CCNCC2=O)C1. The van der Waals surface area contributed by atoms with E-state index in [0.29, 0.717) is 19.0 Å². The predicted molar refractivity (Wildman–Crippen MR) is 99.9 cm³/mol. The van der Waals surface area contributed by atoms with E-state index < -0.39 is 0 Å². The lowest BCUT2D eigenvalue weighted by Crippen LogP contribution is -2.59. The van der Waals surface area contributed by atoms with Gasteiger partial charge in [-0.2, -0.15) is 0 Å². The van der Waals surface area contributed by atoms with Crippen molar-refractivity contribution >= 4 is 11.9 Å². The number of hydrogen-bond acceptors (Lipinski definition) is 3. The maximum atomic E-state index is 13.0. The van der Waals surface area contributed by atoms with Gasteiger partial charge in [0.05, 0.1) is 6.54 Å². The number of carbonyl (C=O) groups is 2. The summed E-state index contributed by atoms with van der Waals surface area (Å²) in [5, 5.41) is 6.22. The zero-order valence-corrected chi connectivity index (χ0v) is 15.5. The summed E-state index contributed by atoms with van der Waals surface area (Å²) in [7, 11) is 0. The first-order valence-corrected chi connectivity index (χ1v) is 9.91. The largest absolute Gasteiger partial charge is 0.336 e. The number of benzene rings is 1. The van der Waals surface area contributed by atoms with Crippen LogP contribution in [0.15, 0.2) is 24.3 Å². The highest BCUT2D eigenvalue weighted by Crippen LogP contribution is 2.37. The minimum absolute atomic E-state index is 0.0233. The van der Waals surface area contributed by atoms with E-state index in [0.717, 1.165) is 50.9 Å². The number of halogens is 1. The van der Waals surface area contributed by atoms with Crippen LogP contribution in [0.2, 0.25) is 0 Å². The van der Waals surface area contributed by atoms with Gasteiger partial charge in [-0.15, -0.1) is 0 Å². The molecule has 2 heterocycles. The maximum Gasteiger partial charge on any atom is 0.317 e. The zero-order valence-electron chi connectivity index (χ0n) is 15.5. The highest BCUT2D eigenvalue weighted by atomic mass is 19.1. The summed E-state index contributed by atoms with van der Waals surface area (Å²) < 4.78 is 13.0. The minimum atomic E-state index is -0.217. The van der Waals surface area contributed by atoms with Crippen molar-refractivity contribution in [1.82, 2.24) is 20.4 Å². The first-order valence-electron chi connectivity index (χ1n) is 9.91. The van der Waals surface area contributed by atoms with Gasteiger partial charge in [0.1, 0.15) is 5.82 Å². The van der Waals surface area contributed by atoms with Gasteiger partial charge in [-0.05, 0) is 49.3 Å². The lowest BCUT2D eigenvalue weighted by atomic mass is 9.76. The Hall–Kier alpha value is -2.15. The normalized spacial score (nSPS) is 28.6. The average Bonchev–Trinajstić information content (AvgIpc) is 2.65. The lowest BCUT2D eigenvalue weighted by molar-refractivity contribution is -0.135. The maximum absolute atomic E-state index is 13.0. The second-order valence-electron chi connectivity index (χ2n) is 7.87. The molecule has 1 aliphatic carbocycles. The molecule has 146 valence electrons. The fourth-order valence-corrected chi connectivity index (χ4v) is 4.41. The van der Waals surface area contributed by atoms with Crippen molar-refractivity contribution < 1.29 is 14.0 Å². The van der Waals surface area contributed by atoms with Crippen molar-refractivity contribution in [2.45, 2.75) is 43.7 Å². The van der Waals surface area contributed by atoms with Crippen molar-refractivity contribution in [1.29, 1.82) is 0 Å². The summed E-state index contributed by atoms with van der Waals surface area (Å²) in [5.74, 6) is 0.309. The van der Waals surface area contributed by atoms with E-state index in [-0.39, 0.29) is 29.8 Å². The summed E-state index contributed by atoms with van der Waals surface area (Å²) in [4.78, 5) is 28.6. The molecule has 1 unspecified atom stereocenters. The molecular formula is C20H27FN4O2. The molecule has 0 bridgehead atoms. The Kier molecular flexibility index (Phi) is 5.29. The van der Waals surface area contributed by atoms with Crippen LogP contribution in [0.4, 0.5) is 9.18 Å². The van der Waals surface area contributed by atoms with E-state index in [9.17, 15) is 14.0 Å². The molecule has 3 fully saturated rings. The monoisotopic (exact) mass is 374 g/mol. The predicted octanol–water partition coefficient (Wildman–Crippen LogP) is 1.68.